The van der Waals surface area contributed by atoms with E-state index in [0.29, 0.717) is 17.3 Å². The first-order valence-corrected chi connectivity index (χ1v) is 6.65. The molecule has 1 saturated carbocycles. The fraction of sp³-hybridized carbons (Fsp3) is 0.571. The van der Waals surface area contributed by atoms with Gasteiger partial charge in [0.15, 0.2) is 0 Å². The molecule has 0 bridgehead atoms. The van der Waals surface area contributed by atoms with Crippen LogP contribution in [0.2, 0.25) is 0 Å². The summed E-state index contributed by atoms with van der Waals surface area (Å²) in [4.78, 5) is 15.9. The second-order valence-electron chi connectivity index (χ2n) is 5.27. The zero-order valence-electron chi connectivity index (χ0n) is 10.9. The van der Waals surface area contributed by atoms with E-state index in [2.05, 4.69) is 17.2 Å². The molecule has 98 valence electrons. The van der Waals surface area contributed by atoms with Crippen LogP contribution in [0.1, 0.15) is 43.0 Å². The lowest BCUT2D eigenvalue weighted by Crippen LogP contribution is -2.31. The van der Waals surface area contributed by atoms with Gasteiger partial charge in [-0.05, 0) is 36.8 Å². The van der Waals surface area contributed by atoms with E-state index in [0.717, 1.165) is 12.5 Å². The van der Waals surface area contributed by atoms with Gasteiger partial charge < -0.3 is 11.1 Å². The van der Waals surface area contributed by atoms with Crippen LogP contribution in [-0.4, -0.2) is 17.4 Å². The van der Waals surface area contributed by atoms with Crippen LogP contribution < -0.4 is 11.1 Å². The summed E-state index contributed by atoms with van der Waals surface area (Å²) in [5.74, 6) is 1.64. The number of carbonyl (C=O) groups excluding carboxylic acids is 1. The summed E-state index contributed by atoms with van der Waals surface area (Å²) in [6.45, 7) is 3.05. The number of anilines is 1. The number of rotatable bonds is 3. The van der Waals surface area contributed by atoms with Crippen LogP contribution in [-0.2, 0) is 0 Å². The number of nitrogens with two attached hydrogens (primary N) is 1. The number of amides is 1. The zero-order chi connectivity index (χ0) is 13.0. The van der Waals surface area contributed by atoms with Gasteiger partial charge >= 0.3 is 0 Å². The largest absolute Gasteiger partial charge is 0.383 e. The van der Waals surface area contributed by atoms with Crippen molar-refractivity contribution in [1.82, 2.24) is 10.3 Å². The maximum Gasteiger partial charge on any atom is 0.255 e. The van der Waals surface area contributed by atoms with E-state index in [-0.39, 0.29) is 5.91 Å². The van der Waals surface area contributed by atoms with Crippen LogP contribution in [0.3, 0.4) is 0 Å². The Hall–Kier alpha value is -1.58. The van der Waals surface area contributed by atoms with Crippen molar-refractivity contribution in [3.8, 4) is 0 Å². The quantitative estimate of drug-likeness (QED) is 0.860. The minimum Gasteiger partial charge on any atom is -0.383 e. The van der Waals surface area contributed by atoms with Crippen molar-refractivity contribution in [2.45, 2.75) is 32.6 Å². The van der Waals surface area contributed by atoms with Gasteiger partial charge in [-0.15, -0.1) is 0 Å². The van der Waals surface area contributed by atoms with Crippen LogP contribution in [0.5, 0.6) is 0 Å². The van der Waals surface area contributed by atoms with Gasteiger partial charge in [0.25, 0.3) is 5.91 Å². The second kappa shape index (κ2) is 5.85. The SMILES string of the molecule is CC1CCC(CNC(=O)c2cccnc2N)CC1. The molecule has 1 aromatic heterocycles. The minimum atomic E-state index is -0.112. The van der Waals surface area contributed by atoms with Gasteiger partial charge in [-0.2, -0.15) is 0 Å². The van der Waals surface area contributed by atoms with Crippen LogP contribution in [0.25, 0.3) is 0 Å². The van der Waals surface area contributed by atoms with Gasteiger partial charge in [-0.25, -0.2) is 4.98 Å². The Morgan fingerprint density at radius 3 is 2.83 bits per heavy atom. The molecule has 0 spiro atoms. The fourth-order valence-corrected chi connectivity index (χ4v) is 2.48. The summed E-state index contributed by atoms with van der Waals surface area (Å²) in [6, 6.07) is 3.44. The first-order chi connectivity index (χ1) is 8.66. The molecule has 0 aliphatic heterocycles. The molecule has 1 fully saturated rings. The number of aromatic nitrogens is 1. The highest BCUT2D eigenvalue weighted by molar-refractivity contribution is 5.98. The molecule has 1 aromatic rings. The first kappa shape index (κ1) is 12.9. The standard InChI is InChI=1S/C14H21N3O/c1-10-4-6-11(7-5-10)9-17-14(18)12-3-2-8-16-13(12)15/h2-3,8,10-11H,4-7,9H2,1H3,(H2,15,16)(H,17,18). The van der Waals surface area contributed by atoms with Gasteiger partial charge in [0.1, 0.15) is 5.82 Å². The molecule has 3 N–H and O–H groups in total. The summed E-state index contributed by atoms with van der Waals surface area (Å²) >= 11 is 0. The lowest BCUT2D eigenvalue weighted by atomic mass is 9.83. The molecule has 0 unspecified atom stereocenters. The Labute approximate surface area is 108 Å². The Bertz CT molecular complexity index is 411. The number of nitrogen functional groups attached to an aromatic ring is 1. The van der Waals surface area contributed by atoms with E-state index in [1.54, 1.807) is 18.3 Å². The molecule has 0 saturated heterocycles. The summed E-state index contributed by atoms with van der Waals surface area (Å²) in [5.41, 5.74) is 6.15. The number of carbonyl (C=O) groups is 1. The van der Waals surface area contributed by atoms with Crippen molar-refractivity contribution in [2.75, 3.05) is 12.3 Å². The Kier molecular flexibility index (Phi) is 4.18. The van der Waals surface area contributed by atoms with Gasteiger partial charge in [0, 0.05) is 12.7 Å². The highest BCUT2D eigenvalue weighted by Gasteiger charge is 2.19. The summed E-state index contributed by atoms with van der Waals surface area (Å²) in [6.07, 6.45) is 6.56. The van der Waals surface area contributed by atoms with Crippen LogP contribution in [0, 0.1) is 11.8 Å². The van der Waals surface area contributed by atoms with Crippen molar-refractivity contribution in [3.63, 3.8) is 0 Å². The van der Waals surface area contributed by atoms with E-state index >= 15 is 0 Å². The molecule has 0 radical (unpaired) electrons. The number of hydrogen-bond donors (Lipinski definition) is 2. The number of pyridine rings is 1. The van der Waals surface area contributed by atoms with Crippen LogP contribution in [0.15, 0.2) is 18.3 Å². The van der Waals surface area contributed by atoms with Crippen LogP contribution >= 0.6 is 0 Å². The lowest BCUT2D eigenvalue weighted by Gasteiger charge is -2.26. The highest BCUT2D eigenvalue weighted by Crippen LogP contribution is 2.27. The molecule has 1 heterocycles. The average Bonchev–Trinajstić information content (AvgIpc) is 2.38. The van der Waals surface area contributed by atoms with Crippen molar-refractivity contribution in [3.05, 3.63) is 23.9 Å². The van der Waals surface area contributed by atoms with Gasteiger partial charge in [-0.3, -0.25) is 4.79 Å². The molecular formula is C14H21N3O. The van der Waals surface area contributed by atoms with E-state index in [1.807, 2.05) is 0 Å². The second-order valence-corrected chi connectivity index (χ2v) is 5.27. The third-order valence-electron chi connectivity index (χ3n) is 3.77. The van der Waals surface area contributed by atoms with Crippen molar-refractivity contribution in [2.24, 2.45) is 11.8 Å². The summed E-state index contributed by atoms with van der Waals surface area (Å²) < 4.78 is 0. The fourth-order valence-electron chi connectivity index (χ4n) is 2.48. The minimum absolute atomic E-state index is 0.112. The summed E-state index contributed by atoms with van der Waals surface area (Å²) in [7, 11) is 0. The van der Waals surface area contributed by atoms with Crippen molar-refractivity contribution < 1.29 is 4.79 Å². The number of hydrogen-bond acceptors (Lipinski definition) is 3. The average molecular weight is 247 g/mol. The van der Waals surface area contributed by atoms with Crippen molar-refractivity contribution >= 4 is 11.7 Å². The lowest BCUT2D eigenvalue weighted by molar-refractivity contribution is 0.0942. The topological polar surface area (TPSA) is 68.0 Å². The molecule has 1 aliphatic rings. The smallest absolute Gasteiger partial charge is 0.255 e. The normalized spacial score (nSPS) is 23.6. The van der Waals surface area contributed by atoms with Gasteiger partial charge in [0.2, 0.25) is 0 Å². The monoisotopic (exact) mass is 247 g/mol. The molecule has 1 aliphatic carbocycles. The van der Waals surface area contributed by atoms with Gasteiger partial charge in [0.05, 0.1) is 5.56 Å². The van der Waals surface area contributed by atoms with E-state index in [1.165, 1.54) is 25.7 Å². The van der Waals surface area contributed by atoms with Crippen molar-refractivity contribution in [1.29, 1.82) is 0 Å². The molecule has 18 heavy (non-hydrogen) atoms. The molecular weight excluding hydrogens is 226 g/mol. The third kappa shape index (κ3) is 3.22. The van der Waals surface area contributed by atoms with E-state index < -0.39 is 0 Å². The molecule has 1 amide bonds. The van der Waals surface area contributed by atoms with E-state index in [9.17, 15) is 4.79 Å². The highest BCUT2D eigenvalue weighted by atomic mass is 16.1. The number of nitrogens with one attached hydrogen (secondary N) is 1. The Morgan fingerprint density at radius 1 is 1.44 bits per heavy atom. The molecule has 4 nitrogen and oxygen atoms in total. The van der Waals surface area contributed by atoms with E-state index in [4.69, 9.17) is 5.73 Å². The Balaban J connectivity index is 1.84. The molecule has 0 aromatic carbocycles. The van der Waals surface area contributed by atoms with Crippen LogP contribution in [0.4, 0.5) is 5.82 Å². The predicted octanol–water partition coefficient (Wildman–Crippen LogP) is 2.22. The predicted molar refractivity (Wildman–Crippen MR) is 72.1 cm³/mol. The summed E-state index contributed by atoms with van der Waals surface area (Å²) in [5, 5.41) is 2.97. The van der Waals surface area contributed by atoms with Gasteiger partial charge in [-0.1, -0.05) is 19.8 Å². The Morgan fingerprint density at radius 2 is 2.17 bits per heavy atom. The maximum atomic E-state index is 11.9. The maximum absolute atomic E-state index is 11.9. The third-order valence-corrected chi connectivity index (χ3v) is 3.77. The molecule has 2 rings (SSSR count). The first-order valence-electron chi connectivity index (χ1n) is 6.65. The molecule has 4 heteroatoms. The number of nitrogens with zero attached hydrogens (tertiary/aromatic N) is 1. The molecule has 0 atom stereocenters. The zero-order valence-corrected chi connectivity index (χ0v) is 10.9.